The lowest BCUT2D eigenvalue weighted by Crippen LogP contribution is -2.25. The summed E-state index contributed by atoms with van der Waals surface area (Å²) in [5.74, 6) is -0.953. The monoisotopic (exact) mass is 487 g/mol. The van der Waals surface area contributed by atoms with Gasteiger partial charge in [-0.3, -0.25) is 4.72 Å². The summed E-state index contributed by atoms with van der Waals surface area (Å²) < 4.78 is 33.8. The van der Waals surface area contributed by atoms with E-state index in [9.17, 15) is 13.2 Å². The first kappa shape index (κ1) is 24.0. The van der Waals surface area contributed by atoms with Crippen LogP contribution in [0.2, 0.25) is 0 Å². The Hall–Kier alpha value is -4.10. The average molecular weight is 488 g/mol. The summed E-state index contributed by atoms with van der Waals surface area (Å²) in [5.41, 5.74) is 2.66. The fourth-order valence-corrected chi connectivity index (χ4v) is 5.09. The second kappa shape index (κ2) is 10.9. The first-order chi connectivity index (χ1) is 16.9. The maximum absolute atomic E-state index is 12.9. The SMILES string of the molecule is O=C(O)COc1cccc2cc(C=CNS(=O)(=O)CC(c3ccccc3)c3ccccc3)ccc12. The van der Waals surface area contributed by atoms with Crippen LogP contribution in [0, 0.1) is 0 Å². The maximum atomic E-state index is 12.9. The lowest BCUT2D eigenvalue weighted by Gasteiger charge is -2.18. The van der Waals surface area contributed by atoms with Gasteiger partial charge in [0.15, 0.2) is 6.61 Å². The Morgan fingerprint density at radius 2 is 1.54 bits per heavy atom. The summed E-state index contributed by atoms with van der Waals surface area (Å²) in [6, 6.07) is 30.1. The second-order valence-corrected chi connectivity index (χ2v) is 9.82. The predicted molar refractivity (Wildman–Crippen MR) is 138 cm³/mol. The molecule has 0 aromatic heterocycles. The van der Waals surface area contributed by atoms with Gasteiger partial charge in [-0.1, -0.05) is 84.9 Å². The molecule has 178 valence electrons. The van der Waals surface area contributed by atoms with Crippen LogP contribution in [0.5, 0.6) is 5.75 Å². The van der Waals surface area contributed by atoms with Crippen molar-refractivity contribution in [1.29, 1.82) is 0 Å². The van der Waals surface area contributed by atoms with Gasteiger partial charge < -0.3 is 9.84 Å². The molecule has 0 unspecified atom stereocenters. The molecule has 4 aromatic carbocycles. The standard InChI is InChI=1S/C28H25NO5S/c30-28(31)19-34-27-13-7-12-24-18-21(14-15-25(24)27)16-17-29-35(32,33)20-26(22-8-3-1-4-9-22)23-10-5-2-6-11-23/h1-18,26,29H,19-20H2,(H,30,31). The minimum atomic E-state index is -3.62. The molecule has 6 nitrogen and oxygen atoms in total. The summed E-state index contributed by atoms with van der Waals surface area (Å²) in [5, 5.41) is 10.5. The van der Waals surface area contributed by atoms with Crippen molar-refractivity contribution in [3.05, 3.63) is 120 Å². The first-order valence-corrected chi connectivity index (χ1v) is 12.7. The Labute approximate surface area is 204 Å². The summed E-state index contributed by atoms with van der Waals surface area (Å²) >= 11 is 0. The first-order valence-electron chi connectivity index (χ1n) is 11.0. The Bertz CT molecular complexity index is 1390. The molecule has 7 heteroatoms. The third-order valence-corrected chi connectivity index (χ3v) is 6.80. The molecule has 35 heavy (non-hydrogen) atoms. The van der Waals surface area contributed by atoms with Crippen molar-refractivity contribution in [2.24, 2.45) is 0 Å². The summed E-state index contributed by atoms with van der Waals surface area (Å²) in [6.45, 7) is -0.421. The quantitative estimate of drug-likeness (QED) is 0.327. The maximum Gasteiger partial charge on any atom is 0.341 e. The van der Waals surface area contributed by atoms with Gasteiger partial charge in [-0.15, -0.1) is 0 Å². The van der Waals surface area contributed by atoms with Crippen LogP contribution in [0.25, 0.3) is 16.8 Å². The van der Waals surface area contributed by atoms with Crippen LogP contribution >= 0.6 is 0 Å². The predicted octanol–water partition coefficient (Wildman–Crippen LogP) is 5.03. The van der Waals surface area contributed by atoms with Gasteiger partial charge >= 0.3 is 5.97 Å². The summed E-state index contributed by atoms with van der Waals surface area (Å²) in [6.07, 6.45) is 3.11. The van der Waals surface area contributed by atoms with E-state index in [0.717, 1.165) is 27.5 Å². The van der Waals surface area contributed by atoms with E-state index in [1.807, 2.05) is 84.9 Å². The molecule has 0 radical (unpaired) electrons. The smallest absolute Gasteiger partial charge is 0.341 e. The third-order valence-electron chi connectivity index (χ3n) is 5.53. The molecule has 0 amide bonds. The van der Waals surface area contributed by atoms with Gasteiger partial charge in [-0.2, -0.15) is 0 Å². The largest absolute Gasteiger partial charge is 0.481 e. The van der Waals surface area contributed by atoms with E-state index in [0.29, 0.717) is 5.75 Å². The van der Waals surface area contributed by atoms with Crippen LogP contribution in [0.1, 0.15) is 22.6 Å². The van der Waals surface area contributed by atoms with Gasteiger partial charge in [0, 0.05) is 17.5 Å². The van der Waals surface area contributed by atoms with Crippen LogP contribution in [0.4, 0.5) is 0 Å². The average Bonchev–Trinajstić information content (AvgIpc) is 2.87. The molecular weight excluding hydrogens is 462 g/mol. The number of hydrogen-bond donors (Lipinski definition) is 2. The normalized spacial score (nSPS) is 11.7. The molecular formula is C28H25NO5S. The molecule has 0 spiro atoms. The number of sulfonamides is 1. The van der Waals surface area contributed by atoms with E-state index in [1.165, 1.54) is 6.20 Å². The summed E-state index contributed by atoms with van der Waals surface area (Å²) in [7, 11) is -3.62. The van der Waals surface area contributed by atoms with E-state index >= 15 is 0 Å². The van der Waals surface area contributed by atoms with Crippen LogP contribution in [-0.2, 0) is 14.8 Å². The van der Waals surface area contributed by atoms with E-state index in [-0.39, 0.29) is 11.7 Å². The zero-order valence-corrected chi connectivity index (χ0v) is 19.7. The number of nitrogens with one attached hydrogen (secondary N) is 1. The second-order valence-electron chi connectivity index (χ2n) is 8.03. The van der Waals surface area contributed by atoms with Gasteiger partial charge in [0.2, 0.25) is 10.0 Å². The number of carboxylic acid groups (broad SMARTS) is 1. The highest BCUT2D eigenvalue weighted by molar-refractivity contribution is 7.89. The number of hydrogen-bond acceptors (Lipinski definition) is 4. The number of ether oxygens (including phenoxy) is 1. The third kappa shape index (κ3) is 6.49. The van der Waals surface area contributed by atoms with Gasteiger partial charge in [0.1, 0.15) is 5.75 Å². The zero-order valence-electron chi connectivity index (χ0n) is 18.9. The van der Waals surface area contributed by atoms with Crippen LogP contribution in [0.15, 0.2) is 103 Å². The molecule has 0 saturated carbocycles. The van der Waals surface area contributed by atoms with Gasteiger partial charge in [-0.25, -0.2) is 13.2 Å². The number of rotatable bonds is 10. The molecule has 0 aliphatic carbocycles. The molecule has 0 atom stereocenters. The van der Waals surface area contributed by atoms with Crippen molar-refractivity contribution >= 4 is 32.8 Å². The Kier molecular flexibility index (Phi) is 7.48. The van der Waals surface area contributed by atoms with E-state index < -0.39 is 22.6 Å². The van der Waals surface area contributed by atoms with E-state index in [4.69, 9.17) is 9.84 Å². The van der Waals surface area contributed by atoms with Crippen LogP contribution in [-0.4, -0.2) is 31.9 Å². The summed E-state index contributed by atoms with van der Waals surface area (Å²) in [4.78, 5) is 10.8. The van der Waals surface area contributed by atoms with Crippen LogP contribution < -0.4 is 9.46 Å². The Balaban J connectivity index is 1.49. The van der Waals surface area contributed by atoms with Crippen LogP contribution in [0.3, 0.4) is 0 Å². The number of benzene rings is 4. The van der Waals surface area contributed by atoms with Gasteiger partial charge in [0.05, 0.1) is 5.75 Å². The number of carboxylic acids is 1. The molecule has 0 aliphatic rings. The molecule has 4 aromatic rings. The molecule has 2 N–H and O–H groups in total. The van der Waals surface area contributed by atoms with Crippen molar-refractivity contribution in [3.8, 4) is 5.75 Å². The number of aliphatic carboxylic acids is 1. The number of fused-ring (bicyclic) bond motifs is 1. The van der Waals surface area contributed by atoms with E-state index in [2.05, 4.69) is 4.72 Å². The molecule has 0 aliphatic heterocycles. The topological polar surface area (TPSA) is 92.7 Å². The minimum absolute atomic E-state index is 0.0899. The van der Waals surface area contributed by atoms with Crippen molar-refractivity contribution in [1.82, 2.24) is 4.72 Å². The number of carbonyl (C=O) groups is 1. The zero-order chi connectivity index (χ0) is 24.7. The lowest BCUT2D eigenvalue weighted by atomic mass is 9.93. The fraction of sp³-hybridized carbons (Fsp3) is 0.107. The van der Waals surface area contributed by atoms with E-state index in [1.54, 1.807) is 18.2 Å². The molecule has 4 rings (SSSR count). The highest BCUT2D eigenvalue weighted by Crippen LogP contribution is 2.28. The Morgan fingerprint density at radius 1 is 0.886 bits per heavy atom. The van der Waals surface area contributed by atoms with Crippen molar-refractivity contribution in [2.75, 3.05) is 12.4 Å². The fourth-order valence-electron chi connectivity index (χ4n) is 3.90. The molecule has 0 fully saturated rings. The van der Waals surface area contributed by atoms with Crippen molar-refractivity contribution < 1.29 is 23.1 Å². The lowest BCUT2D eigenvalue weighted by molar-refractivity contribution is -0.139. The van der Waals surface area contributed by atoms with Gasteiger partial charge in [0.25, 0.3) is 0 Å². The molecule has 0 bridgehead atoms. The van der Waals surface area contributed by atoms with Gasteiger partial charge in [-0.05, 0) is 40.3 Å². The molecule has 0 saturated heterocycles. The highest BCUT2D eigenvalue weighted by Gasteiger charge is 2.21. The molecule has 0 heterocycles. The Morgan fingerprint density at radius 3 is 2.17 bits per heavy atom. The highest BCUT2D eigenvalue weighted by atomic mass is 32.2. The van der Waals surface area contributed by atoms with Crippen molar-refractivity contribution in [2.45, 2.75) is 5.92 Å². The van der Waals surface area contributed by atoms with Crippen molar-refractivity contribution in [3.63, 3.8) is 0 Å². The minimum Gasteiger partial charge on any atom is -0.481 e.